The van der Waals surface area contributed by atoms with Gasteiger partial charge in [-0.15, -0.1) is 0 Å². The van der Waals surface area contributed by atoms with Gasteiger partial charge in [-0.25, -0.2) is 0 Å². The highest BCUT2D eigenvalue weighted by molar-refractivity contribution is 5.82. The van der Waals surface area contributed by atoms with E-state index in [1.54, 1.807) is 7.11 Å². The summed E-state index contributed by atoms with van der Waals surface area (Å²) in [5, 5.41) is 3.03. The number of hydrogen-bond acceptors (Lipinski definition) is 3. The lowest BCUT2D eigenvalue weighted by Crippen LogP contribution is -2.48. The Morgan fingerprint density at radius 3 is 2.73 bits per heavy atom. The zero-order valence-corrected chi connectivity index (χ0v) is 9.88. The smallest absolute Gasteiger partial charge is 0.227 e. The Hall–Kier alpha value is -0.610. The molecular formula is C11H22N2O2. The molecule has 0 radical (unpaired) electrons. The van der Waals surface area contributed by atoms with Crippen LogP contribution in [0.4, 0.5) is 0 Å². The maximum absolute atomic E-state index is 11.9. The standard InChI is InChI=1S/C11H22N2O2/c1-11(2,7-12)10(14)13-8-5-4-6-9(8)15-3/h8-9H,4-7,12H2,1-3H3,(H,13,14). The number of carbonyl (C=O) groups is 1. The second kappa shape index (κ2) is 4.94. The fraction of sp³-hybridized carbons (Fsp3) is 0.909. The van der Waals surface area contributed by atoms with Gasteiger partial charge in [0.15, 0.2) is 0 Å². The van der Waals surface area contributed by atoms with Crippen LogP contribution in [0.5, 0.6) is 0 Å². The second-order valence-electron chi connectivity index (χ2n) is 4.87. The molecule has 0 aliphatic heterocycles. The van der Waals surface area contributed by atoms with Crippen LogP contribution in [-0.4, -0.2) is 31.7 Å². The summed E-state index contributed by atoms with van der Waals surface area (Å²) < 4.78 is 5.32. The molecule has 3 N–H and O–H groups in total. The lowest BCUT2D eigenvalue weighted by molar-refractivity contribution is -0.130. The number of rotatable bonds is 4. The number of carbonyl (C=O) groups excluding carboxylic acids is 1. The normalized spacial score (nSPS) is 26.7. The molecule has 1 aliphatic rings. The summed E-state index contributed by atoms with van der Waals surface area (Å²) >= 11 is 0. The highest BCUT2D eigenvalue weighted by Crippen LogP contribution is 2.23. The predicted octanol–water partition coefficient (Wildman–Crippen LogP) is 0.655. The quantitative estimate of drug-likeness (QED) is 0.722. The fourth-order valence-electron chi connectivity index (χ4n) is 1.83. The van der Waals surface area contributed by atoms with E-state index in [9.17, 15) is 4.79 Å². The van der Waals surface area contributed by atoms with Gasteiger partial charge in [0.1, 0.15) is 0 Å². The van der Waals surface area contributed by atoms with Crippen LogP contribution in [0.3, 0.4) is 0 Å². The molecule has 0 aromatic heterocycles. The number of hydrogen-bond donors (Lipinski definition) is 2. The summed E-state index contributed by atoms with van der Waals surface area (Å²) in [6, 6.07) is 0.160. The number of amides is 1. The Kier molecular flexibility index (Phi) is 4.11. The van der Waals surface area contributed by atoms with Gasteiger partial charge in [0.25, 0.3) is 0 Å². The summed E-state index contributed by atoms with van der Waals surface area (Å²) in [7, 11) is 1.70. The van der Waals surface area contributed by atoms with Gasteiger partial charge in [-0.3, -0.25) is 4.79 Å². The lowest BCUT2D eigenvalue weighted by Gasteiger charge is -2.26. The fourth-order valence-corrected chi connectivity index (χ4v) is 1.83. The molecular weight excluding hydrogens is 192 g/mol. The van der Waals surface area contributed by atoms with Crippen molar-refractivity contribution in [2.75, 3.05) is 13.7 Å². The Bertz CT molecular complexity index is 229. The number of nitrogens with one attached hydrogen (secondary N) is 1. The second-order valence-corrected chi connectivity index (χ2v) is 4.87. The third-order valence-electron chi connectivity index (χ3n) is 3.20. The molecule has 1 aliphatic carbocycles. The predicted molar refractivity (Wildman–Crippen MR) is 59.4 cm³/mol. The molecule has 1 fully saturated rings. The molecule has 0 aromatic carbocycles. The van der Waals surface area contributed by atoms with Crippen molar-refractivity contribution in [3.63, 3.8) is 0 Å². The van der Waals surface area contributed by atoms with Gasteiger partial charge in [0.2, 0.25) is 5.91 Å². The van der Waals surface area contributed by atoms with Crippen molar-refractivity contribution >= 4 is 5.91 Å². The van der Waals surface area contributed by atoms with Crippen molar-refractivity contribution in [3.05, 3.63) is 0 Å². The van der Waals surface area contributed by atoms with E-state index in [-0.39, 0.29) is 18.1 Å². The molecule has 1 rings (SSSR count). The summed E-state index contributed by atoms with van der Waals surface area (Å²) in [6.07, 6.45) is 3.32. The Labute approximate surface area is 91.5 Å². The van der Waals surface area contributed by atoms with Crippen LogP contribution in [-0.2, 0) is 9.53 Å². The number of methoxy groups -OCH3 is 1. The maximum atomic E-state index is 11.9. The molecule has 1 saturated carbocycles. The van der Waals surface area contributed by atoms with Gasteiger partial charge in [0.05, 0.1) is 17.6 Å². The molecule has 2 unspecified atom stereocenters. The molecule has 4 nitrogen and oxygen atoms in total. The van der Waals surface area contributed by atoms with E-state index >= 15 is 0 Å². The monoisotopic (exact) mass is 214 g/mol. The lowest BCUT2D eigenvalue weighted by atomic mass is 9.92. The molecule has 0 heterocycles. The minimum Gasteiger partial charge on any atom is -0.379 e. The first-order chi connectivity index (χ1) is 7.01. The molecule has 0 spiro atoms. The molecule has 1 amide bonds. The molecule has 0 saturated heterocycles. The first-order valence-corrected chi connectivity index (χ1v) is 5.55. The third kappa shape index (κ3) is 2.92. The highest BCUT2D eigenvalue weighted by Gasteiger charge is 2.33. The van der Waals surface area contributed by atoms with Gasteiger partial charge in [-0.2, -0.15) is 0 Å². The van der Waals surface area contributed by atoms with Crippen molar-refractivity contribution in [1.82, 2.24) is 5.32 Å². The highest BCUT2D eigenvalue weighted by atomic mass is 16.5. The molecule has 2 atom stereocenters. The van der Waals surface area contributed by atoms with Gasteiger partial charge >= 0.3 is 0 Å². The molecule has 4 heteroatoms. The summed E-state index contributed by atoms with van der Waals surface area (Å²) in [5.41, 5.74) is 5.07. The Balaban J connectivity index is 2.51. The summed E-state index contributed by atoms with van der Waals surface area (Å²) in [4.78, 5) is 11.9. The largest absolute Gasteiger partial charge is 0.379 e. The van der Waals surface area contributed by atoms with E-state index < -0.39 is 5.41 Å². The van der Waals surface area contributed by atoms with Crippen LogP contribution in [0.15, 0.2) is 0 Å². The van der Waals surface area contributed by atoms with E-state index in [1.807, 2.05) is 13.8 Å². The van der Waals surface area contributed by atoms with E-state index in [0.717, 1.165) is 19.3 Å². The molecule has 0 bridgehead atoms. The third-order valence-corrected chi connectivity index (χ3v) is 3.20. The van der Waals surface area contributed by atoms with E-state index in [0.29, 0.717) is 6.54 Å². The zero-order chi connectivity index (χ0) is 11.5. The van der Waals surface area contributed by atoms with Crippen LogP contribution < -0.4 is 11.1 Å². The van der Waals surface area contributed by atoms with Crippen molar-refractivity contribution in [1.29, 1.82) is 0 Å². The van der Waals surface area contributed by atoms with Crippen molar-refractivity contribution in [2.45, 2.75) is 45.3 Å². The summed E-state index contributed by atoms with van der Waals surface area (Å²) in [5.74, 6) is 0.0268. The molecule has 15 heavy (non-hydrogen) atoms. The van der Waals surface area contributed by atoms with Crippen LogP contribution in [0.25, 0.3) is 0 Å². The molecule has 0 aromatic rings. The topological polar surface area (TPSA) is 64.3 Å². The average molecular weight is 214 g/mol. The Morgan fingerprint density at radius 2 is 2.20 bits per heavy atom. The van der Waals surface area contributed by atoms with Gasteiger partial charge in [-0.05, 0) is 33.1 Å². The summed E-state index contributed by atoms with van der Waals surface area (Å²) in [6.45, 7) is 4.08. The van der Waals surface area contributed by atoms with Crippen LogP contribution in [0.2, 0.25) is 0 Å². The first-order valence-electron chi connectivity index (χ1n) is 5.55. The van der Waals surface area contributed by atoms with E-state index in [2.05, 4.69) is 5.32 Å². The van der Waals surface area contributed by atoms with Crippen LogP contribution in [0, 0.1) is 5.41 Å². The van der Waals surface area contributed by atoms with Crippen molar-refractivity contribution in [2.24, 2.45) is 11.1 Å². The minimum absolute atomic E-state index is 0.0268. The molecule has 88 valence electrons. The van der Waals surface area contributed by atoms with Crippen molar-refractivity contribution < 1.29 is 9.53 Å². The average Bonchev–Trinajstić information content (AvgIpc) is 2.65. The van der Waals surface area contributed by atoms with Gasteiger partial charge in [-0.1, -0.05) is 0 Å². The van der Waals surface area contributed by atoms with Gasteiger partial charge < -0.3 is 15.8 Å². The van der Waals surface area contributed by atoms with Crippen LogP contribution in [0.1, 0.15) is 33.1 Å². The Morgan fingerprint density at radius 1 is 1.53 bits per heavy atom. The zero-order valence-electron chi connectivity index (χ0n) is 9.88. The van der Waals surface area contributed by atoms with E-state index in [1.165, 1.54) is 0 Å². The first kappa shape index (κ1) is 12.5. The van der Waals surface area contributed by atoms with Crippen molar-refractivity contribution in [3.8, 4) is 0 Å². The van der Waals surface area contributed by atoms with E-state index in [4.69, 9.17) is 10.5 Å². The SMILES string of the molecule is COC1CCCC1NC(=O)C(C)(C)CN. The maximum Gasteiger partial charge on any atom is 0.227 e. The van der Waals surface area contributed by atoms with Crippen LogP contribution >= 0.6 is 0 Å². The van der Waals surface area contributed by atoms with Gasteiger partial charge in [0, 0.05) is 13.7 Å². The minimum atomic E-state index is -0.485. The number of ether oxygens (including phenoxy) is 1. The number of nitrogens with two attached hydrogens (primary N) is 1.